The van der Waals surface area contributed by atoms with Gasteiger partial charge in [-0.15, -0.1) is 0 Å². The van der Waals surface area contributed by atoms with Crippen molar-refractivity contribution in [2.75, 3.05) is 0 Å². The number of halogens is 1. The molecule has 2 heteroatoms. The Morgan fingerprint density at radius 3 is 2.35 bits per heavy atom. The molecule has 88 valence electrons. The van der Waals surface area contributed by atoms with Crippen LogP contribution in [0.15, 0.2) is 48.5 Å². The topological polar surface area (TPSA) is 26.0 Å². The van der Waals surface area contributed by atoms with Gasteiger partial charge >= 0.3 is 0 Å². The SMILES string of the molecule is Cc1ccc(CC(N)c2ccccc2Cl)cc1. The average Bonchev–Trinajstić information content (AvgIpc) is 2.32. The number of hydrogen-bond acceptors (Lipinski definition) is 1. The molecule has 1 nitrogen and oxygen atoms in total. The summed E-state index contributed by atoms with van der Waals surface area (Å²) in [5, 5.41) is 0.743. The lowest BCUT2D eigenvalue weighted by Gasteiger charge is -2.13. The summed E-state index contributed by atoms with van der Waals surface area (Å²) in [4.78, 5) is 0. The smallest absolute Gasteiger partial charge is 0.0453 e. The second kappa shape index (κ2) is 5.35. The van der Waals surface area contributed by atoms with Crippen molar-refractivity contribution in [2.24, 2.45) is 5.73 Å². The highest BCUT2D eigenvalue weighted by Gasteiger charge is 2.09. The van der Waals surface area contributed by atoms with Gasteiger partial charge in [0.2, 0.25) is 0 Å². The van der Waals surface area contributed by atoms with Gasteiger partial charge in [0.1, 0.15) is 0 Å². The van der Waals surface area contributed by atoms with Gasteiger partial charge in [-0.25, -0.2) is 0 Å². The third kappa shape index (κ3) is 3.09. The molecule has 0 aliphatic rings. The van der Waals surface area contributed by atoms with Crippen LogP contribution in [0.1, 0.15) is 22.7 Å². The summed E-state index contributed by atoms with van der Waals surface area (Å²) in [6, 6.07) is 16.2. The van der Waals surface area contributed by atoms with E-state index in [4.69, 9.17) is 17.3 Å². The summed E-state index contributed by atoms with van der Waals surface area (Å²) in [6.45, 7) is 2.08. The maximum Gasteiger partial charge on any atom is 0.0453 e. The summed E-state index contributed by atoms with van der Waals surface area (Å²) in [5.74, 6) is 0. The van der Waals surface area contributed by atoms with Crippen LogP contribution in [0.2, 0.25) is 5.02 Å². The van der Waals surface area contributed by atoms with E-state index in [0.29, 0.717) is 0 Å². The molecule has 1 unspecified atom stereocenters. The number of benzene rings is 2. The van der Waals surface area contributed by atoms with Crippen molar-refractivity contribution in [3.63, 3.8) is 0 Å². The van der Waals surface area contributed by atoms with E-state index in [1.807, 2.05) is 24.3 Å². The van der Waals surface area contributed by atoms with Crippen molar-refractivity contribution in [1.82, 2.24) is 0 Å². The summed E-state index contributed by atoms with van der Waals surface area (Å²) >= 11 is 6.13. The lowest BCUT2D eigenvalue weighted by Crippen LogP contribution is -2.13. The fraction of sp³-hybridized carbons (Fsp3) is 0.200. The van der Waals surface area contributed by atoms with Crippen LogP contribution < -0.4 is 5.73 Å². The number of hydrogen-bond donors (Lipinski definition) is 1. The molecular formula is C15H16ClN. The van der Waals surface area contributed by atoms with Gasteiger partial charge in [0.05, 0.1) is 0 Å². The largest absolute Gasteiger partial charge is 0.324 e. The van der Waals surface area contributed by atoms with Crippen LogP contribution in [0.3, 0.4) is 0 Å². The summed E-state index contributed by atoms with van der Waals surface area (Å²) in [5.41, 5.74) is 9.69. The number of rotatable bonds is 3. The van der Waals surface area contributed by atoms with Crippen molar-refractivity contribution >= 4 is 11.6 Å². The van der Waals surface area contributed by atoms with Crippen LogP contribution in [0.5, 0.6) is 0 Å². The van der Waals surface area contributed by atoms with Crippen molar-refractivity contribution in [3.05, 3.63) is 70.2 Å². The Morgan fingerprint density at radius 2 is 1.71 bits per heavy atom. The molecule has 0 aliphatic carbocycles. The molecule has 0 spiro atoms. The molecule has 0 saturated heterocycles. The van der Waals surface area contributed by atoms with Crippen LogP contribution in [-0.4, -0.2) is 0 Å². The molecule has 2 N–H and O–H groups in total. The van der Waals surface area contributed by atoms with E-state index in [0.717, 1.165) is 17.0 Å². The first kappa shape index (κ1) is 12.2. The zero-order chi connectivity index (χ0) is 12.3. The van der Waals surface area contributed by atoms with Crippen molar-refractivity contribution in [3.8, 4) is 0 Å². The van der Waals surface area contributed by atoms with E-state index >= 15 is 0 Å². The van der Waals surface area contributed by atoms with Gasteiger partial charge in [-0.1, -0.05) is 59.6 Å². The van der Waals surface area contributed by atoms with Gasteiger partial charge in [0.15, 0.2) is 0 Å². The van der Waals surface area contributed by atoms with E-state index in [2.05, 4.69) is 31.2 Å². The standard InChI is InChI=1S/C15H16ClN/c1-11-6-8-12(9-7-11)10-15(17)13-4-2-3-5-14(13)16/h2-9,15H,10,17H2,1H3. The lowest BCUT2D eigenvalue weighted by molar-refractivity contribution is 0.722. The van der Waals surface area contributed by atoms with Gasteiger partial charge < -0.3 is 5.73 Å². The Hall–Kier alpha value is -1.31. The summed E-state index contributed by atoms with van der Waals surface area (Å²) in [6.07, 6.45) is 0.810. The van der Waals surface area contributed by atoms with Crippen molar-refractivity contribution < 1.29 is 0 Å². The lowest BCUT2D eigenvalue weighted by atomic mass is 9.99. The van der Waals surface area contributed by atoms with Crippen LogP contribution >= 0.6 is 11.6 Å². The molecule has 2 aromatic rings. The Balaban J connectivity index is 2.14. The molecule has 0 radical (unpaired) electrons. The summed E-state index contributed by atoms with van der Waals surface area (Å²) < 4.78 is 0. The summed E-state index contributed by atoms with van der Waals surface area (Å²) in [7, 11) is 0. The minimum atomic E-state index is -0.0496. The first-order valence-electron chi connectivity index (χ1n) is 5.72. The van der Waals surface area contributed by atoms with Gasteiger partial charge in [0, 0.05) is 11.1 Å². The number of aryl methyl sites for hydroxylation is 1. The zero-order valence-corrected chi connectivity index (χ0v) is 10.6. The van der Waals surface area contributed by atoms with E-state index in [1.165, 1.54) is 11.1 Å². The molecule has 0 saturated carbocycles. The Kier molecular flexibility index (Phi) is 3.82. The molecule has 0 fully saturated rings. The van der Waals surface area contributed by atoms with Crippen LogP contribution in [0.4, 0.5) is 0 Å². The fourth-order valence-electron chi connectivity index (χ4n) is 1.86. The Morgan fingerprint density at radius 1 is 1.06 bits per heavy atom. The predicted molar refractivity (Wildman–Crippen MR) is 73.3 cm³/mol. The minimum absolute atomic E-state index is 0.0496. The van der Waals surface area contributed by atoms with Gasteiger partial charge in [-0.2, -0.15) is 0 Å². The fourth-order valence-corrected chi connectivity index (χ4v) is 2.14. The van der Waals surface area contributed by atoms with Crippen LogP contribution in [-0.2, 0) is 6.42 Å². The molecule has 0 aliphatic heterocycles. The highest BCUT2D eigenvalue weighted by molar-refractivity contribution is 6.31. The second-order valence-electron chi connectivity index (χ2n) is 4.32. The van der Waals surface area contributed by atoms with Gasteiger partial charge in [-0.3, -0.25) is 0 Å². The Bertz CT molecular complexity index is 491. The maximum absolute atomic E-state index is 6.18. The molecule has 2 aromatic carbocycles. The van der Waals surface area contributed by atoms with Gasteiger partial charge in [-0.05, 0) is 30.5 Å². The van der Waals surface area contributed by atoms with Gasteiger partial charge in [0.25, 0.3) is 0 Å². The number of nitrogens with two attached hydrogens (primary N) is 1. The molecule has 17 heavy (non-hydrogen) atoms. The monoisotopic (exact) mass is 245 g/mol. The highest BCUT2D eigenvalue weighted by atomic mass is 35.5. The third-order valence-electron chi connectivity index (χ3n) is 2.88. The molecule has 0 amide bonds. The van der Waals surface area contributed by atoms with E-state index in [-0.39, 0.29) is 6.04 Å². The van der Waals surface area contributed by atoms with E-state index in [9.17, 15) is 0 Å². The quantitative estimate of drug-likeness (QED) is 0.872. The molecule has 2 rings (SSSR count). The third-order valence-corrected chi connectivity index (χ3v) is 3.23. The molecule has 0 aromatic heterocycles. The van der Waals surface area contributed by atoms with Crippen molar-refractivity contribution in [1.29, 1.82) is 0 Å². The average molecular weight is 246 g/mol. The highest BCUT2D eigenvalue weighted by Crippen LogP contribution is 2.23. The second-order valence-corrected chi connectivity index (χ2v) is 4.72. The van der Waals surface area contributed by atoms with Crippen LogP contribution in [0, 0.1) is 6.92 Å². The molecule has 1 atom stereocenters. The zero-order valence-electron chi connectivity index (χ0n) is 9.86. The predicted octanol–water partition coefficient (Wildman–Crippen LogP) is 3.89. The first-order chi connectivity index (χ1) is 8.16. The maximum atomic E-state index is 6.18. The first-order valence-corrected chi connectivity index (χ1v) is 6.10. The van der Waals surface area contributed by atoms with Crippen LogP contribution in [0.25, 0.3) is 0 Å². The van der Waals surface area contributed by atoms with Crippen molar-refractivity contribution in [2.45, 2.75) is 19.4 Å². The Labute approximate surface area is 107 Å². The molecule has 0 heterocycles. The normalized spacial score (nSPS) is 12.4. The van der Waals surface area contributed by atoms with E-state index in [1.54, 1.807) is 0 Å². The molecular weight excluding hydrogens is 230 g/mol. The minimum Gasteiger partial charge on any atom is -0.324 e. The molecule has 0 bridgehead atoms. The van der Waals surface area contributed by atoms with E-state index < -0.39 is 0 Å².